The van der Waals surface area contributed by atoms with Gasteiger partial charge in [0, 0.05) is 19.3 Å². The highest BCUT2D eigenvalue weighted by Crippen LogP contribution is 2.00. The van der Waals surface area contributed by atoms with E-state index in [1.54, 1.807) is 14.0 Å². The molecule has 0 aromatic heterocycles. The Hall–Kier alpha value is -1.44. The van der Waals surface area contributed by atoms with E-state index in [2.05, 4.69) is 0 Å². The molecule has 3 unspecified atom stereocenters. The summed E-state index contributed by atoms with van der Waals surface area (Å²) in [5, 5.41) is 8.35. The summed E-state index contributed by atoms with van der Waals surface area (Å²) >= 11 is 0. The fourth-order valence-electron chi connectivity index (χ4n) is 1.15. The van der Waals surface area contributed by atoms with Crippen molar-refractivity contribution in [2.75, 3.05) is 26.9 Å². The van der Waals surface area contributed by atoms with Gasteiger partial charge in [0.2, 0.25) is 0 Å². The molecular formula is C14H24O7. The van der Waals surface area contributed by atoms with Gasteiger partial charge in [0.25, 0.3) is 0 Å². The van der Waals surface area contributed by atoms with Gasteiger partial charge in [0.15, 0.2) is 0 Å². The van der Waals surface area contributed by atoms with Crippen LogP contribution < -0.4 is 0 Å². The molecule has 0 rings (SSSR count). The van der Waals surface area contributed by atoms with Crippen LogP contribution in [-0.2, 0) is 28.5 Å². The van der Waals surface area contributed by atoms with Gasteiger partial charge in [-0.3, -0.25) is 0 Å². The first kappa shape index (κ1) is 19.6. The fourth-order valence-corrected chi connectivity index (χ4v) is 1.15. The first-order chi connectivity index (χ1) is 9.85. The van der Waals surface area contributed by atoms with E-state index >= 15 is 0 Å². The molecule has 0 saturated carbocycles. The number of carboxylic acid groups (broad SMARTS) is 1. The lowest BCUT2D eigenvalue weighted by Gasteiger charge is -2.19. The molecule has 7 nitrogen and oxygen atoms in total. The molecule has 3 atom stereocenters. The van der Waals surface area contributed by atoms with Crippen molar-refractivity contribution >= 4 is 11.9 Å². The lowest BCUT2D eigenvalue weighted by molar-refractivity contribution is -0.143. The van der Waals surface area contributed by atoms with Crippen LogP contribution in [0.3, 0.4) is 0 Å². The third-order valence-electron chi connectivity index (χ3n) is 2.46. The molecule has 0 aliphatic heterocycles. The molecular weight excluding hydrogens is 280 g/mol. The maximum atomic E-state index is 11.1. The SMILES string of the molecule is COC(C)COC(C)COC(C)COC(=O)/C=C\C(=O)O. The second-order valence-electron chi connectivity index (χ2n) is 4.64. The summed E-state index contributed by atoms with van der Waals surface area (Å²) in [5.74, 6) is -1.92. The van der Waals surface area contributed by atoms with E-state index in [0.717, 1.165) is 12.2 Å². The number of ether oxygens (including phenoxy) is 4. The smallest absolute Gasteiger partial charge is 0.331 e. The first-order valence-corrected chi connectivity index (χ1v) is 6.68. The predicted molar refractivity (Wildman–Crippen MR) is 75.0 cm³/mol. The van der Waals surface area contributed by atoms with E-state index in [9.17, 15) is 9.59 Å². The Morgan fingerprint density at radius 1 is 0.952 bits per heavy atom. The van der Waals surface area contributed by atoms with Gasteiger partial charge in [-0.25, -0.2) is 9.59 Å². The maximum Gasteiger partial charge on any atom is 0.331 e. The zero-order chi connectivity index (χ0) is 16.3. The number of hydrogen-bond donors (Lipinski definition) is 1. The Morgan fingerprint density at radius 2 is 1.48 bits per heavy atom. The van der Waals surface area contributed by atoms with E-state index in [1.807, 2.05) is 13.8 Å². The summed E-state index contributed by atoms with van der Waals surface area (Å²) in [6.07, 6.45) is 1.19. The van der Waals surface area contributed by atoms with E-state index in [4.69, 9.17) is 24.1 Å². The molecule has 0 radical (unpaired) electrons. The van der Waals surface area contributed by atoms with Crippen LogP contribution in [-0.4, -0.2) is 62.3 Å². The summed E-state index contributed by atoms with van der Waals surface area (Å²) in [7, 11) is 1.62. The summed E-state index contributed by atoms with van der Waals surface area (Å²) in [4.78, 5) is 21.3. The van der Waals surface area contributed by atoms with Crippen LogP contribution in [0.1, 0.15) is 20.8 Å². The number of methoxy groups -OCH3 is 1. The van der Waals surface area contributed by atoms with Crippen LogP contribution in [0, 0.1) is 0 Å². The molecule has 0 fully saturated rings. The lowest BCUT2D eigenvalue weighted by atomic mass is 10.4. The summed E-state index contributed by atoms with van der Waals surface area (Å²) in [5.41, 5.74) is 0. The van der Waals surface area contributed by atoms with Crippen molar-refractivity contribution in [2.45, 2.75) is 39.1 Å². The molecule has 122 valence electrons. The molecule has 0 aromatic carbocycles. The highest BCUT2D eigenvalue weighted by molar-refractivity contribution is 5.90. The number of rotatable bonds is 11. The van der Waals surface area contributed by atoms with E-state index in [-0.39, 0.29) is 24.9 Å². The molecule has 0 heterocycles. The minimum atomic E-state index is -1.20. The largest absolute Gasteiger partial charge is 0.478 e. The number of aliphatic carboxylic acids is 1. The van der Waals surface area contributed by atoms with Crippen LogP contribution in [0.2, 0.25) is 0 Å². The number of carbonyl (C=O) groups is 2. The van der Waals surface area contributed by atoms with E-state index in [1.165, 1.54) is 0 Å². The summed E-state index contributed by atoms with van der Waals surface area (Å²) in [6, 6.07) is 0. The van der Waals surface area contributed by atoms with Gasteiger partial charge in [-0.05, 0) is 20.8 Å². The minimum Gasteiger partial charge on any atom is -0.478 e. The molecule has 0 bridgehead atoms. The highest BCUT2D eigenvalue weighted by Gasteiger charge is 2.10. The highest BCUT2D eigenvalue weighted by atomic mass is 16.6. The molecule has 0 aliphatic carbocycles. The Morgan fingerprint density at radius 3 is 2.00 bits per heavy atom. The van der Waals surface area contributed by atoms with Gasteiger partial charge in [-0.1, -0.05) is 0 Å². The van der Waals surface area contributed by atoms with Crippen LogP contribution >= 0.6 is 0 Å². The maximum absolute atomic E-state index is 11.1. The van der Waals surface area contributed by atoms with Crippen LogP contribution in [0.25, 0.3) is 0 Å². The van der Waals surface area contributed by atoms with Crippen molar-refractivity contribution in [1.82, 2.24) is 0 Å². The molecule has 7 heteroatoms. The monoisotopic (exact) mass is 304 g/mol. The van der Waals surface area contributed by atoms with Crippen molar-refractivity contribution in [3.8, 4) is 0 Å². The van der Waals surface area contributed by atoms with Gasteiger partial charge in [0.1, 0.15) is 6.61 Å². The lowest BCUT2D eigenvalue weighted by Crippen LogP contribution is -2.26. The van der Waals surface area contributed by atoms with Gasteiger partial charge < -0.3 is 24.1 Å². The average molecular weight is 304 g/mol. The predicted octanol–water partition coefficient (Wildman–Crippen LogP) is 1.02. The van der Waals surface area contributed by atoms with Gasteiger partial charge in [-0.2, -0.15) is 0 Å². The van der Waals surface area contributed by atoms with Crippen LogP contribution in [0.4, 0.5) is 0 Å². The number of hydrogen-bond acceptors (Lipinski definition) is 6. The van der Waals surface area contributed by atoms with Crippen molar-refractivity contribution in [2.24, 2.45) is 0 Å². The first-order valence-electron chi connectivity index (χ1n) is 6.68. The third kappa shape index (κ3) is 12.0. The van der Waals surface area contributed by atoms with Crippen LogP contribution in [0.15, 0.2) is 12.2 Å². The van der Waals surface area contributed by atoms with Gasteiger partial charge >= 0.3 is 11.9 Å². The zero-order valence-electron chi connectivity index (χ0n) is 12.9. The van der Waals surface area contributed by atoms with E-state index in [0.29, 0.717) is 13.2 Å². The molecule has 0 saturated heterocycles. The molecule has 0 aliphatic rings. The Balaban J connectivity index is 3.77. The average Bonchev–Trinajstić information content (AvgIpc) is 2.45. The summed E-state index contributed by atoms with van der Waals surface area (Å²) < 4.78 is 20.9. The Bertz CT molecular complexity index is 340. The number of esters is 1. The van der Waals surface area contributed by atoms with Crippen molar-refractivity contribution < 1.29 is 33.6 Å². The summed E-state index contributed by atoms with van der Waals surface area (Å²) in [6.45, 7) is 6.41. The quantitative estimate of drug-likeness (QED) is 0.450. The van der Waals surface area contributed by atoms with Crippen molar-refractivity contribution in [1.29, 1.82) is 0 Å². The molecule has 0 aromatic rings. The second-order valence-corrected chi connectivity index (χ2v) is 4.64. The van der Waals surface area contributed by atoms with Crippen molar-refractivity contribution in [3.63, 3.8) is 0 Å². The van der Waals surface area contributed by atoms with Crippen molar-refractivity contribution in [3.05, 3.63) is 12.2 Å². The van der Waals surface area contributed by atoms with Gasteiger partial charge in [0.05, 0.1) is 31.5 Å². The minimum absolute atomic E-state index is 0.0202. The molecule has 1 N–H and O–H groups in total. The molecule has 0 spiro atoms. The standard InChI is InChI=1S/C14H24O7/c1-10(18-4)7-19-11(2)8-20-12(3)9-21-14(17)6-5-13(15)16/h5-6,10-12H,7-9H2,1-4H3,(H,15,16)/b6-5-. The zero-order valence-corrected chi connectivity index (χ0v) is 12.9. The number of carbonyl (C=O) groups excluding carboxylic acids is 1. The normalized spacial score (nSPS) is 15.6. The fraction of sp³-hybridized carbons (Fsp3) is 0.714. The Kier molecular flexibility index (Phi) is 10.5. The number of carboxylic acids is 1. The topological polar surface area (TPSA) is 91.3 Å². The van der Waals surface area contributed by atoms with Gasteiger partial charge in [-0.15, -0.1) is 0 Å². The van der Waals surface area contributed by atoms with E-state index < -0.39 is 11.9 Å². The van der Waals surface area contributed by atoms with Crippen LogP contribution in [0.5, 0.6) is 0 Å². The second kappa shape index (κ2) is 11.2. The Labute approximate surface area is 124 Å². The molecule has 21 heavy (non-hydrogen) atoms. The third-order valence-corrected chi connectivity index (χ3v) is 2.46. The molecule has 0 amide bonds.